The molecular weight excluding hydrogens is 312 g/mol. The molecule has 0 saturated heterocycles. The third kappa shape index (κ3) is 4.87. The van der Waals surface area contributed by atoms with Gasteiger partial charge in [-0.3, -0.25) is 10.4 Å². The van der Waals surface area contributed by atoms with E-state index in [2.05, 4.69) is 15.5 Å². The summed E-state index contributed by atoms with van der Waals surface area (Å²) in [6, 6.07) is 0. The zero-order valence-electron chi connectivity index (χ0n) is 14.9. The third-order valence-electron chi connectivity index (χ3n) is 3.35. The third-order valence-corrected chi connectivity index (χ3v) is 3.35. The molecule has 0 spiro atoms. The van der Waals surface area contributed by atoms with Gasteiger partial charge in [-0.25, -0.2) is 9.59 Å². The summed E-state index contributed by atoms with van der Waals surface area (Å²) < 4.78 is 10.5. The average Bonchev–Trinajstić information content (AvgIpc) is 2.85. The van der Waals surface area contributed by atoms with Crippen LogP contribution in [0.3, 0.4) is 0 Å². The molecule has 2 N–H and O–H groups in total. The normalized spacial score (nSPS) is 14.3. The van der Waals surface area contributed by atoms with E-state index in [1.165, 1.54) is 0 Å². The van der Waals surface area contributed by atoms with E-state index in [0.29, 0.717) is 31.9 Å². The molecule has 134 valence electrons. The van der Waals surface area contributed by atoms with Gasteiger partial charge in [0.2, 0.25) is 0 Å². The van der Waals surface area contributed by atoms with Crippen molar-refractivity contribution in [3.63, 3.8) is 0 Å². The molecule has 0 radical (unpaired) electrons. The Morgan fingerprint density at radius 1 is 1.38 bits per heavy atom. The highest BCUT2D eigenvalue weighted by Crippen LogP contribution is 2.25. The number of aromatic amines is 1. The number of nitrogens with one attached hydrogen (secondary N) is 2. The van der Waals surface area contributed by atoms with Crippen molar-refractivity contribution in [2.24, 2.45) is 5.92 Å². The number of carbonyl (C=O) groups is 2. The Balaban J connectivity index is 1.96. The van der Waals surface area contributed by atoms with Crippen molar-refractivity contribution in [3.05, 3.63) is 11.3 Å². The van der Waals surface area contributed by atoms with E-state index >= 15 is 0 Å². The fourth-order valence-electron chi connectivity index (χ4n) is 2.28. The highest BCUT2D eigenvalue weighted by molar-refractivity contribution is 5.84. The van der Waals surface area contributed by atoms with Crippen LogP contribution in [0.1, 0.15) is 45.9 Å². The second kappa shape index (κ2) is 7.11. The van der Waals surface area contributed by atoms with Crippen LogP contribution >= 0.6 is 0 Å². The molecule has 8 nitrogen and oxygen atoms in total. The summed E-state index contributed by atoms with van der Waals surface area (Å²) in [5.41, 5.74) is 1.17. The van der Waals surface area contributed by atoms with Crippen molar-refractivity contribution in [2.75, 3.05) is 18.5 Å². The van der Waals surface area contributed by atoms with Crippen LogP contribution in [0.2, 0.25) is 0 Å². The fraction of sp³-hybridized carbons (Fsp3) is 0.688. The number of fused-ring (bicyclic) bond motifs is 1. The maximum absolute atomic E-state index is 12.1. The second-order valence-corrected chi connectivity index (χ2v) is 7.30. The Hall–Kier alpha value is -2.25. The number of hydrogen-bond donors (Lipinski definition) is 2. The molecule has 0 aliphatic carbocycles. The number of hydrogen-bond acceptors (Lipinski definition) is 5. The Morgan fingerprint density at radius 3 is 2.71 bits per heavy atom. The highest BCUT2D eigenvalue weighted by Gasteiger charge is 2.28. The van der Waals surface area contributed by atoms with Crippen LogP contribution in [0, 0.1) is 5.92 Å². The van der Waals surface area contributed by atoms with Crippen LogP contribution in [0.5, 0.6) is 0 Å². The predicted molar refractivity (Wildman–Crippen MR) is 88.7 cm³/mol. The van der Waals surface area contributed by atoms with E-state index in [4.69, 9.17) is 9.47 Å². The predicted octanol–water partition coefficient (Wildman–Crippen LogP) is 2.91. The van der Waals surface area contributed by atoms with E-state index in [0.717, 1.165) is 11.3 Å². The number of carbonyl (C=O) groups excluding carboxylic acids is 2. The summed E-state index contributed by atoms with van der Waals surface area (Å²) in [6.45, 7) is 10.7. The average molecular weight is 338 g/mol. The van der Waals surface area contributed by atoms with Gasteiger partial charge in [0.05, 0.1) is 18.8 Å². The van der Waals surface area contributed by atoms with Crippen LogP contribution in [-0.2, 0) is 22.4 Å². The minimum Gasteiger partial charge on any atom is -0.449 e. The second-order valence-electron chi connectivity index (χ2n) is 7.30. The highest BCUT2D eigenvalue weighted by atomic mass is 16.6. The van der Waals surface area contributed by atoms with E-state index < -0.39 is 11.7 Å². The molecule has 2 heterocycles. The molecule has 0 saturated carbocycles. The van der Waals surface area contributed by atoms with Gasteiger partial charge >= 0.3 is 12.2 Å². The van der Waals surface area contributed by atoms with Crippen molar-refractivity contribution < 1.29 is 19.1 Å². The van der Waals surface area contributed by atoms with Gasteiger partial charge in [-0.05, 0) is 33.1 Å². The maximum atomic E-state index is 12.1. The standard InChI is InChI=1S/C16H26N4O4/c1-10(2)9-23-14(21)17-13-11-6-7-20(8-12(11)18-19-13)15(22)24-16(3,4)5/h10H,6-9H2,1-5H3,(H2,17,18,19,21). The van der Waals surface area contributed by atoms with E-state index in [9.17, 15) is 9.59 Å². The lowest BCUT2D eigenvalue weighted by molar-refractivity contribution is 0.0221. The Bertz CT molecular complexity index is 604. The van der Waals surface area contributed by atoms with Gasteiger partial charge in [-0.15, -0.1) is 0 Å². The molecule has 0 aromatic carbocycles. The van der Waals surface area contributed by atoms with Crippen molar-refractivity contribution in [3.8, 4) is 0 Å². The Labute approximate surface area is 141 Å². The van der Waals surface area contributed by atoms with Crippen molar-refractivity contribution in [2.45, 2.75) is 53.2 Å². The summed E-state index contributed by atoms with van der Waals surface area (Å²) in [7, 11) is 0. The molecule has 1 aromatic rings. The minimum absolute atomic E-state index is 0.270. The number of aromatic nitrogens is 2. The summed E-state index contributed by atoms with van der Waals surface area (Å²) in [4.78, 5) is 25.5. The first kappa shape index (κ1) is 18.1. The molecule has 2 amide bonds. The number of rotatable bonds is 3. The van der Waals surface area contributed by atoms with Crippen molar-refractivity contribution >= 4 is 18.0 Å². The van der Waals surface area contributed by atoms with Crippen molar-refractivity contribution in [1.29, 1.82) is 0 Å². The van der Waals surface area contributed by atoms with Crippen LogP contribution in [0.15, 0.2) is 0 Å². The van der Waals surface area contributed by atoms with Crippen LogP contribution in [-0.4, -0.2) is 46.0 Å². The van der Waals surface area contributed by atoms with Crippen LogP contribution in [0.25, 0.3) is 0 Å². The summed E-state index contributed by atoms with van der Waals surface area (Å²) in [5, 5.41) is 9.64. The first-order chi connectivity index (χ1) is 11.2. The lowest BCUT2D eigenvalue weighted by Gasteiger charge is -2.29. The largest absolute Gasteiger partial charge is 0.449 e. The zero-order valence-corrected chi connectivity index (χ0v) is 14.9. The van der Waals surface area contributed by atoms with Gasteiger partial charge < -0.3 is 14.4 Å². The maximum Gasteiger partial charge on any atom is 0.412 e. The number of ether oxygens (including phenoxy) is 2. The van der Waals surface area contributed by atoms with Crippen LogP contribution < -0.4 is 5.32 Å². The molecule has 2 rings (SSSR count). The SMILES string of the molecule is CC(C)COC(=O)Nc1n[nH]c2c1CCN(C(=O)OC(C)(C)C)C2. The van der Waals surface area contributed by atoms with Gasteiger partial charge in [0.25, 0.3) is 0 Å². The van der Waals surface area contributed by atoms with E-state index in [-0.39, 0.29) is 12.0 Å². The lowest BCUT2D eigenvalue weighted by atomic mass is 10.1. The van der Waals surface area contributed by atoms with E-state index in [1.807, 2.05) is 34.6 Å². The smallest absolute Gasteiger partial charge is 0.412 e. The summed E-state index contributed by atoms with van der Waals surface area (Å²) in [5.74, 6) is 0.730. The number of anilines is 1. The molecule has 0 fully saturated rings. The van der Waals surface area contributed by atoms with Gasteiger partial charge in [0.1, 0.15) is 5.60 Å². The Morgan fingerprint density at radius 2 is 2.08 bits per heavy atom. The fourth-order valence-corrected chi connectivity index (χ4v) is 2.28. The molecule has 24 heavy (non-hydrogen) atoms. The first-order valence-corrected chi connectivity index (χ1v) is 8.13. The molecule has 8 heteroatoms. The number of amides is 2. The topological polar surface area (TPSA) is 96.5 Å². The van der Waals surface area contributed by atoms with Gasteiger partial charge in [-0.1, -0.05) is 13.8 Å². The first-order valence-electron chi connectivity index (χ1n) is 8.13. The van der Waals surface area contributed by atoms with Gasteiger partial charge in [-0.2, -0.15) is 5.10 Å². The van der Waals surface area contributed by atoms with Crippen molar-refractivity contribution in [1.82, 2.24) is 15.1 Å². The zero-order chi connectivity index (χ0) is 17.9. The number of nitrogens with zero attached hydrogens (tertiary/aromatic N) is 2. The molecule has 0 atom stereocenters. The monoisotopic (exact) mass is 338 g/mol. The number of H-pyrrole nitrogens is 1. The van der Waals surface area contributed by atoms with E-state index in [1.54, 1.807) is 4.90 Å². The Kier molecular flexibility index (Phi) is 5.36. The lowest BCUT2D eigenvalue weighted by Crippen LogP contribution is -2.40. The molecule has 1 aliphatic rings. The minimum atomic E-state index is -0.530. The molecule has 0 bridgehead atoms. The summed E-state index contributed by atoms with van der Waals surface area (Å²) >= 11 is 0. The molecule has 1 aromatic heterocycles. The van der Waals surface area contributed by atoms with Gasteiger partial charge in [0.15, 0.2) is 5.82 Å². The van der Waals surface area contributed by atoms with Gasteiger partial charge in [0, 0.05) is 12.1 Å². The molecule has 0 unspecified atom stereocenters. The summed E-state index contributed by atoms with van der Waals surface area (Å²) in [6.07, 6.45) is -0.286. The molecular formula is C16H26N4O4. The van der Waals surface area contributed by atoms with Crippen LogP contribution in [0.4, 0.5) is 15.4 Å². The quantitative estimate of drug-likeness (QED) is 0.883. The molecule has 1 aliphatic heterocycles.